The number of aromatic hydroxyl groups is 1. The van der Waals surface area contributed by atoms with Gasteiger partial charge in [0.1, 0.15) is 5.75 Å². The number of anilines is 1. The van der Waals surface area contributed by atoms with Crippen LogP contribution >= 0.6 is 11.3 Å². The Kier molecular flexibility index (Phi) is 5.32. The minimum absolute atomic E-state index is 0.290. The number of hydrogen-bond donors (Lipinski definition) is 2. The van der Waals surface area contributed by atoms with Crippen molar-refractivity contribution in [2.45, 2.75) is 6.54 Å². The molecule has 4 rings (SSSR count). The normalized spacial score (nSPS) is 14.9. The van der Waals surface area contributed by atoms with E-state index in [1.165, 1.54) is 4.88 Å². The van der Waals surface area contributed by atoms with Crippen LogP contribution in [0.2, 0.25) is 0 Å². The van der Waals surface area contributed by atoms with Crippen molar-refractivity contribution in [3.8, 4) is 16.9 Å². The highest BCUT2D eigenvalue weighted by Gasteiger charge is 2.18. The fourth-order valence-corrected chi connectivity index (χ4v) is 4.43. The van der Waals surface area contributed by atoms with E-state index in [0.717, 1.165) is 49.5 Å². The summed E-state index contributed by atoms with van der Waals surface area (Å²) in [4.78, 5) is 17.0. The molecule has 0 amide bonds. The van der Waals surface area contributed by atoms with E-state index in [0.29, 0.717) is 5.56 Å². The van der Waals surface area contributed by atoms with Crippen molar-refractivity contribution >= 4 is 23.0 Å². The number of carboxylic acids is 1. The average molecular weight is 394 g/mol. The summed E-state index contributed by atoms with van der Waals surface area (Å²) in [6.45, 7) is 4.73. The molecule has 28 heavy (non-hydrogen) atoms. The van der Waals surface area contributed by atoms with Crippen LogP contribution in [0.15, 0.2) is 60.0 Å². The van der Waals surface area contributed by atoms with Gasteiger partial charge in [-0.25, -0.2) is 4.79 Å². The van der Waals surface area contributed by atoms with Gasteiger partial charge in [-0.1, -0.05) is 12.1 Å². The molecule has 2 aromatic carbocycles. The highest BCUT2D eigenvalue weighted by molar-refractivity contribution is 7.10. The Labute approximate surface area is 168 Å². The van der Waals surface area contributed by atoms with Crippen molar-refractivity contribution in [1.29, 1.82) is 0 Å². The van der Waals surface area contributed by atoms with Gasteiger partial charge < -0.3 is 15.1 Å². The van der Waals surface area contributed by atoms with Gasteiger partial charge in [0.15, 0.2) is 0 Å². The van der Waals surface area contributed by atoms with Gasteiger partial charge in [-0.2, -0.15) is 0 Å². The second kappa shape index (κ2) is 8.04. The first-order chi connectivity index (χ1) is 13.6. The van der Waals surface area contributed by atoms with Gasteiger partial charge >= 0.3 is 5.97 Å². The fourth-order valence-electron chi connectivity index (χ4n) is 3.50. The lowest BCUT2D eigenvalue weighted by Gasteiger charge is -2.36. The molecule has 2 N–H and O–H groups in total. The van der Waals surface area contributed by atoms with Crippen LogP contribution in [0.5, 0.6) is 5.75 Å². The third-order valence-corrected chi connectivity index (χ3v) is 5.99. The molecule has 1 fully saturated rings. The lowest BCUT2D eigenvalue weighted by atomic mass is 10.1. The molecular formula is C22H22N2O3S. The van der Waals surface area contributed by atoms with E-state index in [9.17, 15) is 9.90 Å². The number of hydrogen-bond acceptors (Lipinski definition) is 5. The van der Waals surface area contributed by atoms with Crippen molar-refractivity contribution < 1.29 is 15.0 Å². The number of aromatic carboxylic acids is 1. The number of thiophene rings is 1. The molecule has 1 aromatic heterocycles. The zero-order chi connectivity index (χ0) is 19.5. The summed E-state index contributed by atoms with van der Waals surface area (Å²) >= 11 is 1.75. The van der Waals surface area contributed by atoms with Gasteiger partial charge in [-0.15, -0.1) is 11.3 Å². The predicted octanol–water partition coefficient (Wildman–Crippen LogP) is 4.14. The summed E-state index contributed by atoms with van der Waals surface area (Å²) in [7, 11) is 0. The molecule has 0 spiro atoms. The fraction of sp³-hybridized carbons (Fsp3) is 0.227. The van der Waals surface area contributed by atoms with Crippen molar-refractivity contribution in [3.63, 3.8) is 0 Å². The van der Waals surface area contributed by atoms with E-state index in [1.807, 2.05) is 24.3 Å². The predicted molar refractivity (Wildman–Crippen MR) is 112 cm³/mol. The van der Waals surface area contributed by atoms with Gasteiger partial charge in [-0.3, -0.25) is 4.90 Å². The quantitative estimate of drug-likeness (QED) is 0.681. The monoisotopic (exact) mass is 394 g/mol. The Balaban J connectivity index is 1.34. The Bertz CT molecular complexity index is 960. The van der Waals surface area contributed by atoms with Gasteiger partial charge in [0, 0.05) is 43.3 Å². The lowest BCUT2D eigenvalue weighted by Crippen LogP contribution is -2.45. The summed E-state index contributed by atoms with van der Waals surface area (Å²) in [6.07, 6.45) is 0. The largest absolute Gasteiger partial charge is 0.508 e. The van der Waals surface area contributed by atoms with Crippen LogP contribution in [0, 0.1) is 0 Å². The van der Waals surface area contributed by atoms with Crippen LogP contribution in [0.4, 0.5) is 5.69 Å². The van der Waals surface area contributed by atoms with E-state index >= 15 is 0 Å². The number of phenols is 1. The number of carboxylic acid groups (broad SMARTS) is 1. The minimum Gasteiger partial charge on any atom is -0.508 e. The van der Waals surface area contributed by atoms with Crippen LogP contribution in [-0.2, 0) is 6.54 Å². The number of carbonyl (C=O) groups is 1. The lowest BCUT2D eigenvalue weighted by molar-refractivity contribution is 0.0697. The second-order valence-corrected chi connectivity index (χ2v) is 7.96. The molecule has 1 aliphatic rings. The number of phenolic OH excluding ortho intramolecular Hbond substituents is 1. The van der Waals surface area contributed by atoms with Crippen LogP contribution in [0.1, 0.15) is 15.2 Å². The highest BCUT2D eigenvalue weighted by Crippen LogP contribution is 2.29. The Hall–Kier alpha value is -2.83. The summed E-state index contributed by atoms with van der Waals surface area (Å²) < 4.78 is 0. The molecule has 0 bridgehead atoms. The molecular weight excluding hydrogens is 372 g/mol. The average Bonchev–Trinajstić information content (AvgIpc) is 3.17. The van der Waals surface area contributed by atoms with Crippen LogP contribution in [0.3, 0.4) is 0 Å². The molecule has 0 saturated carbocycles. The molecule has 0 radical (unpaired) electrons. The third kappa shape index (κ3) is 4.18. The number of nitrogens with zero attached hydrogens (tertiary/aromatic N) is 2. The van der Waals surface area contributed by atoms with Gasteiger partial charge in [0.25, 0.3) is 0 Å². The van der Waals surface area contributed by atoms with E-state index in [-0.39, 0.29) is 5.75 Å². The molecule has 0 unspecified atom stereocenters. The maximum absolute atomic E-state index is 11.0. The summed E-state index contributed by atoms with van der Waals surface area (Å²) in [6, 6.07) is 16.7. The summed E-state index contributed by atoms with van der Waals surface area (Å²) in [5, 5.41) is 20.8. The molecule has 1 saturated heterocycles. The molecule has 3 aromatic rings. The van der Waals surface area contributed by atoms with E-state index in [2.05, 4.69) is 21.2 Å². The molecule has 0 aliphatic carbocycles. The first kappa shape index (κ1) is 18.5. The van der Waals surface area contributed by atoms with Gasteiger partial charge in [-0.05, 0) is 59.0 Å². The standard InChI is InChI=1S/C22H22N2O3S/c25-20-3-1-2-17(12-20)18-13-21(28-15-18)14-23-8-10-24(11-9-23)19-6-4-16(5-7-19)22(26)27/h1-7,12-13,15,25H,8-11,14H2,(H,26,27). The molecule has 5 nitrogen and oxygen atoms in total. The topological polar surface area (TPSA) is 64.0 Å². The van der Waals surface area contributed by atoms with Crippen LogP contribution < -0.4 is 4.90 Å². The molecule has 1 aliphatic heterocycles. The van der Waals surface area contributed by atoms with Gasteiger partial charge in [0.2, 0.25) is 0 Å². The summed E-state index contributed by atoms with van der Waals surface area (Å²) in [5.41, 5.74) is 3.58. The zero-order valence-electron chi connectivity index (χ0n) is 15.4. The van der Waals surface area contributed by atoms with Crippen LogP contribution in [0.25, 0.3) is 11.1 Å². The Morgan fingerprint density at radius 1 is 0.964 bits per heavy atom. The maximum atomic E-state index is 11.0. The minimum atomic E-state index is -0.891. The SMILES string of the molecule is O=C(O)c1ccc(N2CCN(Cc3cc(-c4cccc(O)c4)cs3)CC2)cc1. The maximum Gasteiger partial charge on any atom is 0.335 e. The van der Waals surface area contributed by atoms with Gasteiger partial charge in [0.05, 0.1) is 5.56 Å². The van der Waals surface area contributed by atoms with Crippen molar-refractivity contribution in [1.82, 2.24) is 4.90 Å². The Morgan fingerprint density at radius 3 is 2.39 bits per heavy atom. The first-order valence-corrected chi connectivity index (χ1v) is 10.1. The molecule has 6 heteroatoms. The number of benzene rings is 2. The Morgan fingerprint density at radius 2 is 1.71 bits per heavy atom. The van der Waals surface area contributed by atoms with Crippen molar-refractivity contribution in [2.75, 3.05) is 31.1 Å². The number of piperazine rings is 1. The second-order valence-electron chi connectivity index (χ2n) is 6.97. The van der Waals surface area contributed by atoms with Crippen molar-refractivity contribution in [2.24, 2.45) is 0 Å². The van der Waals surface area contributed by atoms with Crippen molar-refractivity contribution in [3.05, 3.63) is 70.4 Å². The van der Waals surface area contributed by atoms with E-state index < -0.39 is 5.97 Å². The van der Waals surface area contributed by atoms with E-state index in [4.69, 9.17) is 5.11 Å². The molecule has 0 atom stereocenters. The summed E-state index contributed by atoms with van der Waals surface area (Å²) in [5.74, 6) is -0.602. The first-order valence-electron chi connectivity index (χ1n) is 9.26. The van der Waals surface area contributed by atoms with E-state index in [1.54, 1.807) is 35.6 Å². The molecule has 144 valence electrons. The zero-order valence-corrected chi connectivity index (χ0v) is 16.2. The number of rotatable bonds is 5. The van der Waals surface area contributed by atoms with Crippen LogP contribution in [-0.4, -0.2) is 47.3 Å². The third-order valence-electron chi connectivity index (χ3n) is 5.06. The molecule has 2 heterocycles. The highest BCUT2D eigenvalue weighted by atomic mass is 32.1. The smallest absolute Gasteiger partial charge is 0.335 e.